The fraction of sp³-hybridized carbons (Fsp3) is 0.211. The number of ether oxygens (including phenoxy) is 2. The van der Waals surface area contributed by atoms with Crippen LogP contribution in [-0.4, -0.2) is 31.7 Å². The molecule has 0 saturated carbocycles. The van der Waals surface area contributed by atoms with Gasteiger partial charge in [0.1, 0.15) is 11.5 Å². The molecule has 0 unspecified atom stereocenters. The fourth-order valence-electron chi connectivity index (χ4n) is 1.98. The molecule has 0 radical (unpaired) electrons. The molecule has 0 aromatic heterocycles. The van der Waals surface area contributed by atoms with E-state index in [1.807, 2.05) is 6.92 Å². The fourth-order valence-corrected chi connectivity index (χ4v) is 1.98. The van der Waals surface area contributed by atoms with Crippen molar-refractivity contribution in [3.05, 3.63) is 54.1 Å². The highest BCUT2D eigenvalue weighted by atomic mass is 16.5. The van der Waals surface area contributed by atoms with Crippen LogP contribution in [-0.2, 0) is 9.59 Å². The van der Waals surface area contributed by atoms with Crippen LogP contribution in [0.1, 0.15) is 18.9 Å². The van der Waals surface area contributed by atoms with Crippen molar-refractivity contribution in [2.45, 2.75) is 13.3 Å². The lowest BCUT2D eigenvalue weighted by molar-refractivity contribution is -0.136. The summed E-state index contributed by atoms with van der Waals surface area (Å²) in [7, 11) is 1.56. The number of nitrogens with one attached hydrogen (secondary N) is 2. The highest BCUT2D eigenvalue weighted by Crippen LogP contribution is 2.15. The smallest absolute Gasteiger partial charge is 0.329 e. The molecule has 2 amide bonds. The maximum Gasteiger partial charge on any atom is 0.329 e. The molecular formula is C19H21N3O4. The predicted octanol–water partition coefficient (Wildman–Crippen LogP) is 2.57. The van der Waals surface area contributed by atoms with E-state index >= 15 is 0 Å². The van der Waals surface area contributed by atoms with Crippen LogP contribution in [0, 0.1) is 0 Å². The van der Waals surface area contributed by atoms with E-state index in [0.717, 1.165) is 12.0 Å². The van der Waals surface area contributed by atoms with Gasteiger partial charge in [-0.15, -0.1) is 0 Å². The van der Waals surface area contributed by atoms with Crippen LogP contribution in [0.4, 0.5) is 5.69 Å². The highest BCUT2D eigenvalue weighted by Gasteiger charge is 2.12. The minimum absolute atomic E-state index is 0.491. The maximum absolute atomic E-state index is 11.9. The molecule has 0 bridgehead atoms. The van der Waals surface area contributed by atoms with E-state index in [-0.39, 0.29) is 0 Å². The van der Waals surface area contributed by atoms with E-state index < -0.39 is 11.8 Å². The van der Waals surface area contributed by atoms with Crippen LogP contribution in [0.5, 0.6) is 11.5 Å². The number of anilines is 1. The first kappa shape index (κ1) is 19.0. The van der Waals surface area contributed by atoms with Crippen LogP contribution in [0.15, 0.2) is 53.6 Å². The largest absolute Gasteiger partial charge is 0.497 e. The maximum atomic E-state index is 11.9. The first-order valence-electron chi connectivity index (χ1n) is 8.13. The Labute approximate surface area is 152 Å². The second kappa shape index (κ2) is 9.83. The average Bonchev–Trinajstić information content (AvgIpc) is 2.67. The quantitative estimate of drug-likeness (QED) is 0.454. The lowest BCUT2D eigenvalue weighted by Gasteiger charge is -2.07. The molecule has 0 fully saturated rings. The normalized spacial score (nSPS) is 10.4. The number of methoxy groups -OCH3 is 1. The lowest BCUT2D eigenvalue weighted by Crippen LogP contribution is -2.32. The van der Waals surface area contributed by atoms with Crippen LogP contribution in [0.2, 0.25) is 0 Å². The molecule has 0 saturated heterocycles. The summed E-state index contributed by atoms with van der Waals surface area (Å²) in [6.45, 7) is 2.64. The number of carbonyl (C=O) groups is 2. The summed E-state index contributed by atoms with van der Waals surface area (Å²) in [5.41, 5.74) is 3.40. The van der Waals surface area contributed by atoms with Crippen LogP contribution in [0.25, 0.3) is 0 Å². The molecule has 0 atom stereocenters. The summed E-state index contributed by atoms with van der Waals surface area (Å²) in [5.74, 6) is -0.299. The van der Waals surface area contributed by atoms with Gasteiger partial charge in [-0.3, -0.25) is 9.59 Å². The Kier molecular flexibility index (Phi) is 7.17. The monoisotopic (exact) mass is 355 g/mol. The third-order valence-corrected chi connectivity index (χ3v) is 3.26. The second-order valence-corrected chi connectivity index (χ2v) is 5.30. The topological polar surface area (TPSA) is 89.0 Å². The Morgan fingerprint density at radius 2 is 1.85 bits per heavy atom. The molecule has 0 spiro atoms. The predicted molar refractivity (Wildman–Crippen MR) is 99.6 cm³/mol. The first-order chi connectivity index (χ1) is 12.6. The summed E-state index contributed by atoms with van der Waals surface area (Å²) < 4.78 is 10.5. The van der Waals surface area contributed by atoms with Gasteiger partial charge in [0.25, 0.3) is 0 Å². The number of benzene rings is 2. The Morgan fingerprint density at radius 3 is 2.54 bits per heavy atom. The lowest BCUT2D eigenvalue weighted by atomic mass is 10.2. The van der Waals surface area contributed by atoms with Crippen molar-refractivity contribution in [3.63, 3.8) is 0 Å². The standard InChI is InChI=1S/C19H21N3O4/c1-3-11-26-16-9-7-15(8-10-16)21-18(23)19(24)22-20-13-14-5-4-6-17(12-14)25-2/h4-10,12-13H,3,11H2,1-2H3,(H,21,23)(H,22,24)/b20-13-. The minimum Gasteiger partial charge on any atom is -0.497 e. The van der Waals surface area contributed by atoms with Gasteiger partial charge >= 0.3 is 11.8 Å². The van der Waals surface area contributed by atoms with Gasteiger partial charge in [0.05, 0.1) is 19.9 Å². The van der Waals surface area contributed by atoms with E-state index in [2.05, 4.69) is 15.8 Å². The summed E-state index contributed by atoms with van der Waals surface area (Å²) in [6, 6.07) is 13.9. The number of carbonyl (C=O) groups excluding carboxylic acids is 2. The van der Waals surface area contributed by atoms with Crippen molar-refractivity contribution >= 4 is 23.7 Å². The second-order valence-electron chi connectivity index (χ2n) is 5.30. The molecule has 0 aliphatic rings. The molecule has 136 valence electrons. The molecule has 7 nitrogen and oxygen atoms in total. The van der Waals surface area contributed by atoms with Crippen LogP contribution >= 0.6 is 0 Å². The summed E-state index contributed by atoms with van der Waals surface area (Å²) >= 11 is 0. The molecule has 2 N–H and O–H groups in total. The van der Waals surface area contributed by atoms with Gasteiger partial charge < -0.3 is 14.8 Å². The molecule has 0 aliphatic carbocycles. The van der Waals surface area contributed by atoms with E-state index in [1.54, 1.807) is 55.6 Å². The van der Waals surface area contributed by atoms with Crippen molar-refractivity contribution in [1.29, 1.82) is 0 Å². The van der Waals surface area contributed by atoms with Gasteiger partial charge in [0.2, 0.25) is 0 Å². The Hall–Kier alpha value is -3.35. The van der Waals surface area contributed by atoms with E-state index in [1.165, 1.54) is 6.21 Å². The van der Waals surface area contributed by atoms with Crippen molar-refractivity contribution < 1.29 is 19.1 Å². The number of rotatable bonds is 7. The zero-order valence-corrected chi connectivity index (χ0v) is 14.7. The van der Waals surface area contributed by atoms with Gasteiger partial charge in [-0.05, 0) is 48.4 Å². The third kappa shape index (κ3) is 5.94. The highest BCUT2D eigenvalue weighted by molar-refractivity contribution is 6.39. The third-order valence-electron chi connectivity index (χ3n) is 3.26. The van der Waals surface area contributed by atoms with Gasteiger partial charge in [-0.25, -0.2) is 5.43 Å². The number of nitrogens with zero attached hydrogens (tertiary/aromatic N) is 1. The van der Waals surface area contributed by atoms with Crippen molar-refractivity contribution in [2.24, 2.45) is 5.10 Å². The molecule has 2 aromatic carbocycles. The number of hydrogen-bond acceptors (Lipinski definition) is 5. The van der Waals surface area contributed by atoms with Crippen LogP contribution < -0.4 is 20.2 Å². The van der Waals surface area contributed by atoms with E-state index in [0.29, 0.717) is 23.8 Å². The molecule has 2 aromatic rings. The zero-order chi connectivity index (χ0) is 18.8. The number of amides is 2. The van der Waals surface area contributed by atoms with Gasteiger partial charge in [-0.2, -0.15) is 5.10 Å². The summed E-state index contributed by atoms with van der Waals surface area (Å²) in [6.07, 6.45) is 2.34. The van der Waals surface area contributed by atoms with E-state index in [9.17, 15) is 9.59 Å². The summed E-state index contributed by atoms with van der Waals surface area (Å²) in [4.78, 5) is 23.6. The molecule has 2 rings (SSSR count). The van der Waals surface area contributed by atoms with Crippen molar-refractivity contribution in [2.75, 3.05) is 19.0 Å². The molecule has 26 heavy (non-hydrogen) atoms. The summed E-state index contributed by atoms with van der Waals surface area (Å²) in [5, 5.41) is 6.26. The first-order valence-corrected chi connectivity index (χ1v) is 8.13. The molecule has 0 aliphatic heterocycles. The number of hydrazone groups is 1. The zero-order valence-electron chi connectivity index (χ0n) is 14.7. The molecule has 7 heteroatoms. The van der Waals surface area contributed by atoms with Gasteiger partial charge in [0.15, 0.2) is 0 Å². The minimum atomic E-state index is -0.865. The Morgan fingerprint density at radius 1 is 1.08 bits per heavy atom. The number of hydrogen-bond donors (Lipinski definition) is 2. The Bertz CT molecular complexity index is 773. The molecule has 0 heterocycles. The van der Waals surface area contributed by atoms with Crippen LogP contribution in [0.3, 0.4) is 0 Å². The molecular weight excluding hydrogens is 334 g/mol. The SMILES string of the molecule is CCCOc1ccc(NC(=O)C(=O)N/N=C\c2cccc(OC)c2)cc1. The van der Waals surface area contributed by atoms with Gasteiger partial charge in [0, 0.05) is 5.69 Å². The van der Waals surface area contributed by atoms with Crippen molar-refractivity contribution in [3.8, 4) is 11.5 Å². The Balaban J connectivity index is 1.85. The van der Waals surface area contributed by atoms with Gasteiger partial charge in [-0.1, -0.05) is 19.1 Å². The van der Waals surface area contributed by atoms with Crippen molar-refractivity contribution in [1.82, 2.24) is 5.43 Å². The van der Waals surface area contributed by atoms with E-state index in [4.69, 9.17) is 9.47 Å². The average molecular weight is 355 g/mol.